The van der Waals surface area contributed by atoms with Crippen LogP contribution in [0.5, 0.6) is 0 Å². The van der Waals surface area contributed by atoms with Crippen molar-refractivity contribution in [3.8, 4) is 0 Å². The normalized spacial score (nSPS) is 24.7. The molecule has 18 heavy (non-hydrogen) atoms. The Balaban J connectivity index is 2.21. The molecular formula is C15H22FNO. The lowest BCUT2D eigenvalue weighted by molar-refractivity contribution is -0.00523. The zero-order valence-electron chi connectivity index (χ0n) is 11.6. The quantitative estimate of drug-likeness (QED) is 0.797. The van der Waals surface area contributed by atoms with Gasteiger partial charge in [0.2, 0.25) is 0 Å². The Labute approximate surface area is 109 Å². The summed E-state index contributed by atoms with van der Waals surface area (Å²) in [5, 5.41) is 0. The van der Waals surface area contributed by atoms with Gasteiger partial charge in [0.05, 0.1) is 12.2 Å². The second kappa shape index (κ2) is 5.27. The van der Waals surface area contributed by atoms with Crippen LogP contribution in [0.1, 0.15) is 39.2 Å². The van der Waals surface area contributed by atoms with Crippen LogP contribution < -0.4 is 4.90 Å². The van der Waals surface area contributed by atoms with Crippen molar-refractivity contribution in [1.82, 2.24) is 0 Å². The van der Waals surface area contributed by atoms with Gasteiger partial charge in [0.15, 0.2) is 0 Å². The maximum Gasteiger partial charge on any atom is 0.128 e. The Morgan fingerprint density at radius 3 is 2.33 bits per heavy atom. The molecule has 2 atom stereocenters. The molecule has 1 fully saturated rings. The van der Waals surface area contributed by atoms with E-state index in [0.717, 1.165) is 24.3 Å². The highest BCUT2D eigenvalue weighted by atomic mass is 19.1. The second-order valence-corrected chi connectivity index (χ2v) is 5.52. The summed E-state index contributed by atoms with van der Waals surface area (Å²) in [6, 6.07) is 5.57. The minimum Gasteiger partial charge on any atom is -0.372 e. The van der Waals surface area contributed by atoms with Crippen LogP contribution in [0.25, 0.3) is 0 Å². The summed E-state index contributed by atoms with van der Waals surface area (Å²) in [5.41, 5.74) is 1.74. The molecule has 0 spiro atoms. The van der Waals surface area contributed by atoms with Crippen LogP contribution in [-0.2, 0) is 4.74 Å². The Bertz CT molecular complexity index is 409. The van der Waals surface area contributed by atoms with Crippen LogP contribution in [0.2, 0.25) is 0 Å². The molecule has 0 aromatic heterocycles. The van der Waals surface area contributed by atoms with Crippen LogP contribution in [-0.4, -0.2) is 25.3 Å². The van der Waals surface area contributed by atoms with E-state index in [0.29, 0.717) is 0 Å². The van der Waals surface area contributed by atoms with E-state index in [4.69, 9.17) is 4.74 Å². The van der Waals surface area contributed by atoms with Crippen molar-refractivity contribution >= 4 is 5.69 Å². The van der Waals surface area contributed by atoms with E-state index in [1.54, 1.807) is 6.07 Å². The van der Waals surface area contributed by atoms with Gasteiger partial charge in [-0.05, 0) is 37.5 Å². The number of morpholine rings is 1. The highest BCUT2D eigenvalue weighted by Crippen LogP contribution is 2.26. The fourth-order valence-electron chi connectivity index (χ4n) is 2.57. The maximum atomic E-state index is 14.0. The fraction of sp³-hybridized carbons (Fsp3) is 0.600. The molecule has 3 heteroatoms. The lowest BCUT2D eigenvalue weighted by Crippen LogP contribution is -2.45. The molecule has 2 unspecified atom stereocenters. The third-order valence-electron chi connectivity index (χ3n) is 3.39. The highest BCUT2D eigenvalue weighted by Gasteiger charge is 2.23. The largest absolute Gasteiger partial charge is 0.372 e. The Morgan fingerprint density at radius 2 is 1.83 bits per heavy atom. The second-order valence-electron chi connectivity index (χ2n) is 5.52. The molecule has 0 saturated carbocycles. The standard InChI is InChI=1S/C15H22FNO/c1-10(2)14-6-5-13(7-15(14)16)17-8-11(3)18-12(4)9-17/h5-7,10-12H,8-9H2,1-4H3. The molecule has 1 aliphatic heterocycles. The van der Waals surface area contributed by atoms with E-state index in [1.165, 1.54) is 0 Å². The van der Waals surface area contributed by atoms with Crippen LogP contribution >= 0.6 is 0 Å². The zero-order chi connectivity index (χ0) is 13.3. The van der Waals surface area contributed by atoms with Crippen molar-refractivity contribution in [3.63, 3.8) is 0 Å². The van der Waals surface area contributed by atoms with Crippen molar-refractivity contribution < 1.29 is 9.13 Å². The van der Waals surface area contributed by atoms with Crippen LogP contribution in [0, 0.1) is 5.82 Å². The van der Waals surface area contributed by atoms with Gasteiger partial charge in [0.25, 0.3) is 0 Å². The minimum atomic E-state index is -0.103. The number of ether oxygens (including phenoxy) is 1. The van der Waals surface area contributed by atoms with Crippen LogP contribution in [0.4, 0.5) is 10.1 Å². The zero-order valence-corrected chi connectivity index (χ0v) is 11.6. The fourth-order valence-corrected chi connectivity index (χ4v) is 2.57. The molecule has 0 aliphatic carbocycles. The summed E-state index contributed by atoms with van der Waals surface area (Å²) < 4.78 is 19.7. The summed E-state index contributed by atoms with van der Waals surface area (Å²) >= 11 is 0. The summed E-state index contributed by atoms with van der Waals surface area (Å²) in [6.45, 7) is 9.78. The van der Waals surface area contributed by atoms with Gasteiger partial charge >= 0.3 is 0 Å². The van der Waals surface area contributed by atoms with Crippen molar-refractivity contribution in [2.75, 3.05) is 18.0 Å². The number of anilines is 1. The van der Waals surface area contributed by atoms with Gasteiger partial charge in [-0.2, -0.15) is 0 Å². The van der Waals surface area contributed by atoms with Gasteiger partial charge in [-0.3, -0.25) is 0 Å². The number of hydrogen-bond donors (Lipinski definition) is 0. The lowest BCUT2D eigenvalue weighted by Gasteiger charge is -2.37. The smallest absolute Gasteiger partial charge is 0.128 e. The van der Waals surface area contributed by atoms with Gasteiger partial charge in [-0.1, -0.05) is 19.9 Å². The van der Waals surface area contributed by atoms with Gasteiger partial charge in [0, 0.05) is 18.8 Å². The predicted molar refractivity (Wildman–Crippen MR) is 72.7 cm³/mol. The van der Waals surface area contributed by atoms with E-state index in [2.05, 4.69) is 18.7 Å². The average Bonchev–Trinajstić information content (AvgIpc) is 2.26. The Kier molecular flexibility index (Phi) is 3.91. The molecule has 1 saturated heterocycles. The first-order valence-corrected chi connectivity index (χ1v) is 6.67. The van der Waals surface area contributed by atoms with Crippen LogP contribution in [0.15, 0.2) is 18.2 Å². The van der Waals surface area contributed by atoms with Crippen molar-refractivity contribution in [3.05, 3.63) is 29.6 Å². The molecule has 2 rings (SSSR count). The first-order chi connectivity index (χ1) is 8.47. The van der Waals surface area contributed by atoms with E-state index in [1.807, 2.05) is 26.0 Å². The van der Waals surface area contributed by atoms with Gasteiger partial charge in [0.1, 0.15) is 5.82 Å². The third kappa shape index (κ3) is 2.83. The number of nitrogens with zero attached hydrogens (tertiary/aromatic N) is 1. The summed E-state index contributed by atoms with van der Waals surface area (Å²) in [7, 11) is 0. The topological polar surface area (TPSA) is 12.5 Å². The third-order valence-corrected chi connectivity index (χ3v) is 3.39. The molecule has 1 aromatic rings. The Morgan fingerprint density at radius 1 is 1.22 bits per heavy atom. The van der Waals surface area contributed by atoms with E-state index in [-0.39, 0.29) is 23.9 Å². The minimum absolute atomic E-state index is 0.103. The molecule has 0 bridgehead atoms. The van der Waals surface area contributed by atoms with Crippen molar-refractivity contribution in [2.24, 2.45) is 0 Å². The summed E-state index contributed by atoms with van der Waals surface area (Å²) in [6.07, 6.45) is 0.392. The lowest BCUT2D eigenvalue weighted by atomic mass is 10.0. The molecule has 0 radical (unpaired) electrons. The number of rotatable bonds is 2. The van der Waals surface area contributed by atoms with Gasteiger partial charge in [-0.15, -0.1) is 0 Å². The van der Waals surface area contributed by atoms with E-state index < -0.39 is 0 Å². The van der Waals surface area contributed by atoms with Crippen molar-refractivity contribution in [1.29, 1.82) is 0 Å². The van der Waals surface area contributed by atoms with Crippen molar-refractivity contribution in [2.45, 2.75) is 45.8 Å². The number of halogens is 1. The SMILES string of the molecule is CC1CN(c2ccc(C(C)C)c(F)c2)CC(C)O1. The van der Waals surface area contributed by atoms with Gasteiger partial charge < -0.3 is 9.64 Å². The number of hydrogen-bond acceptors (Lipinski definition) is 2. The molecule has 0 N–H and O–H groups in total. The molecule has 1 aliphatic rings. The summed E-state index contributed by atoms with van der Waals surface area (Å²) in [4.78, 5) is 2.20. The highest BCUT2D eigenvalue weighted by molar-refractivity contribution is 5.49. The maximum absolute atomic E-state index is 14.0. The predicted octanol–water partition coefficient (Wildman–Crippen LogP) is 3.56. The average molecular weight is 251 g/mol. The summed E-state index contributed by atoms with van der Waals surface area (Å²) in [5.74, 6) is 0.121. The monoisotopic (exact) mass is 251 g/mol. The first-order valence-electron chi connectivity index (χ1n) is 6.67. The van der Waals surface area contributed by atoms with E-state index in [9.17, 15) is 4.39 Å². The Hall–Kier alpha value is -1.09. The van der Waals surface area contributed by atoms with Gasteiger partial charge in [-0.25, -0.2) is 4.39 Å². The molecule has 100 valence electrons. The molecule has 2 nitrogen and oxygen atoms in total. The number of benzene rings is 1. The molecular weight excluding hydrogens is 229 g/mol. The van der Waals surface area contributed by atoms with Crippen LogP contribution in [0.3, 0.4) is 0 Å². The molecule has 1 heterocycles. The molecule has 0 amide bonds. The first kappa shape index (κ1) is 13.3. The molecule has 1 aromatic carbocycles. The van der Waals surface area contributed by atoms with E-state index >= 15 is 0 Å².